The smallest absolute Gasteiger partial charge is 0.262 e. The molecule has 2 aromatic rings. The van der Waals surface area contributed by atoms with Crippen molar-refractivity contribution in [3.8, 4) is 5.75 Å². The van der Waals surface area contributed by atoms with E-state index in [9.17, 15) is 4.79 Å². The minimum absolute atomic E-state index is 0.0701. The van der Waals surface area contributed by atoms with Gasteiger partial charge in [0.2, 0.25) is 0 Å². The number of ether oxygens (including phenoxy) is 1. The molecule has 1 aromatic carbocycles. The third kappa shape index (κ3) is 2.62. The van der Waals surface area contributed by atoms with Crippen molar-refractivity contribution in [2.24, 2.45) is 0 Å². The quantitative estimate of drug-likeness (QED) is 0.868. The molecule has 2 N–H and O–H groups in total. The Bertz CT molecular complexity index is 601. The van der Waals surface area contributed by atoms with Gasteiger partial charge in [0.15, 0.2) is 6.61 Å². The van der Waals surface area contributed by atoms with E-state index in [-0.39, 0.29) is 12.5 Å². The van der Waals surface area contributed by atoms with E-state index in [0.717, 1.165) is 11.4 Å². The highest BCUT2D eigenvalue weighted by molar-refractivity contribution is 5.95. The molecule has 0 atom stereocenters. The van der Waals surface area contributed by atoms with E-state index in [1.54, 1.807) is 6.20 Å². The summed E-state index contributed by atoms with van der Waals surface area (Å²) in [6.07, 6.45) is 3.21. The maximum atomic E-state index is 11.2. The standard InChI is InChI=1S/C13H12N4O2/c18-13-7-19-12-2-1-9(5-11(12)17-13)15-6-10-3-4-14-8-16-10/h1-5,8,15H,6-7H2,(H,17,18). The molecular weight excluding hydrogens is 244 g/mol. The highest BCUT2D eigenvalue weighted by Gasteiger charge is 2.15. The van der Waals surface area contributed by atoms with Crippen LogP contribution in [-0.2, 0) is 11.3 Å². The molecule has 0 unspecified atom stereocenters. The molecule has 0 bridgehead atoms. The summed E-state index contributed by atoms with van der Waals surface area (Å²) in [7, 11) is 0. The number of hydrogen-bond acceptors (Lipinski definition) is 5. The van der Waals surface area contributed by atoms with Crippen LogP contribution < -0.4 is 15.4 Å². The number of benzene rings is 1. The number of nitrogens with one attached hydrogen (secondary N) is 2. The van der Waals surface area contributed by atoms with E-state index in [1.807, 2.05) is 24.3 Å². The first-order chi connectivity index (χ1) is 9.31. The molecule has 6 nitrogen and oxygen atoms in total. The SMILES string of the molecule is O=C1COc2ccc(NCc3ccncn3)cc2N1. The summed E-state index contributed by atoms with van der Waals surface area (Å²) in [5.41, 5.74) is 2.47. The fraction of sp³-hybridized carbons (Fsp3) is 0.154. The Morgan fingerprint density at radius 3 is 3.16 bits per heavy atom. The zero-order chi connectivity index (χ0) is 13.1. The zero-order valence-corrected chi connectivity index (χ0v) is 10.1. The molecule has 1 aliphatic heterocycles. The van der Waals surface area contributed by atoms with Crippen molar-refractivity contribution in [3.05, 3.63) is 42.5 Å². The monoisotopic (exact) mass is 256 g/mol. The van der Waals surface area contributed by atoms with Gasteiger partial charge in [0, 0.05) is 11.9 Å². The maximum absolute atomic E-state index is 11.2. The van der Waals surface area contributed by atoms with Crippen molar-refractivity contribution in [2.45, 2.75) is 6.54 Å². The van der Waals surface area contributed by atoms with Crippen LogP contribution in [0.2, 0.25) is 0 Å². The van der Waals surface area contributed by atoms with Gasteiger partial charge in [-0.15, -0.1) is 0 Å². The Labute approximate surface area is 109 Å². The molecule has 2 heterocycles. The Balaban J connectivity index is 1.72. The number of hydrogen-bond donors (Lipinski definition) is 2. The number of fused-ring (bicyclic) bond motifs is 1. The van der Waals surface area contributed by atoms with Crippen LogP contribution >= 0.6 is 0 Å². The van der Waals surface area contributed by atoms with Crippen molar-refractivity contribution in [2.75, 3.05) is 17.2 Å². The first kappa shape index (κ1) is 11.5. The van der Waals surface area contributed by atoms with Crippen LogP contribution in [0.4, 0.5) is 11.4 Å². The third-order valence-electron chi connectivity index (χ3n) is 2.73. The lowest BCUT2D eigenvalue weighted by Crippen LogP contribution is -2.25. The number of amides is 1. The average Bonchev–Trinajstić information content (AvgIpc) is 2.46. The molecule has 3 rings (SSSR count). The van der Waals surface area contributed by atoms with E-state index in [4.69, 9.17) is 4.74 Å². The molecule has 0 aliphatic carbocycles. The Morgan fingerprint density at radius 2 is 2.32 bits per heavy atom. The molecule has 1 amide bonds. The first-order valence-corrected chi connectivity index (χ1v) is 5.87. The van der Waals surface area contributed by atoms with Crippen LogP contribution in [-0.4, -0.2) is 22.5 Å². The second-order valence-corrected chi connectivity index (χ2v) is 4.10. The molecule has 0 spiro atoms. The summed E-state index contributed by atoms with van der Waals surface area (Å²) in [6.45, 7) is 0.664. The second kappa shape index (κ2) is 4.93. The molecule has 1 aromatic heterocycles. The number of carbonyl (C=O) groups is 1. The van der Waals surface area contributed by atoms with Crippen molar-refractivity contribution < 1.29 is 9.53 Å². The van der Waals surface area contributed by atoms with Gasteiger partial charge in [-0.3, -0.25) is 4.79 Å². The minimum atomic E-state index is -0.138. The normalized spacial score (nSPS) is 13.2. The van der Waals surface area contributed by atoms with Crippen LogP contribution in [0.1, 0.15) is 5.69 Å². The van der Waals surface area contributed by atoms with Gasteiger partial charge >= 0.3 is 0 Å². The molecule has 0 radical (unpaired) electrons. The molecule has 19 heavy (non-hydrogen) atoms. The summed E-state index contributed by atoms with van der Waals surface area (Å²) in [4.78, 5) is 19.2. The van der Waals surface area contributed by atoms with E-state index < -0.39 is 0 Å². The first-order valence-electron chi connectivity index (χ1n) is 5.87. The van der Waals surface area contributed by atoms with Crippen LogP contribution in [0, 0.1) is 0 Å². The van der Waals surface area contributed by atoms with Gasteiger partial charge in [-0.05, 0) is 24.3 Å². The number of anilines is 2. The Hall–Kier alpha value is -2.63. The summed E-state index contributed by atoms with van der Waals surface area (Å²) in [6, 6.07) is 7.42. The van der Waals surface area contributed by atoms with Gasteiger partial charge in [0.05, 0.1) is 17.9 Å². The van der Waals surface area contributed by atoms with Crippen LogP contribution in [0.3, 0.4) is 0 Å². The lowest BCUT2D eigenvalue weighted by Gasteiger charge is -2.18. The summed E-state index contributed by atoms with van der Waals surface area (Å²) < 4.78 is 5.29. The molecule has 96 valence electrons. The lowest BCUT2D eigenvalue weighted by atomic mass is 10.2. The average molecular weight is 256 g/mol. The lowest BCUT2D eigenvalue weighted by molar-refractivity contribution is -0.118. The number of carbonyl (C=O) groups excluding carboxylic acids is 1. The van der Waals surface area contributed by atoms with Gasteiger partial charge in [-0.2, -0.15) is 0 Å². The highest BCUT2D eigenvalue weighted by atomic mass is 16.5. The Kier molecular flexibility index (Phi) is 2.97. The summed E-state index contributed by atoms with van der Waals surface area (Å²) in [5.74, 6) is 0.549. The van der Waals surface area contributed by atoms with Crippen molar-refractivity contribution in [3.63, 3.8) is 0 Å². The molecule has 0 saturated heterocycles. The van der Waals surface area contributed by atoms with Crippen molar-refractivity contribution >= 4 is 17.3 Å². The topological polar surface area (TPSA) is 76.1 Å². The number of rotatable bonds is 3. The van der Waals surface area contributed by atoms with Crippen molar-refractivity contribution in [1.82, 2.24) is 9.97 Å². The summed E-state index contributed by atoms with van der Waals surface area (Å²) in [5, 5.41) is 6.00. The molecule has 6 heteroatoms. The Morgan fingerprint density at radius 1 is 1.37 bits per heavy atom. The van der Waals surface area contributed by atoms with Crippen LogP contribution in [0.5, 0.6) is 5.75 Å². The fourth-order valence-electron chi connectivity index (χ4n) is 1.81. The third-order valence-corrected chi connectivity index (χ3v) is 2.73. The van der Waals surface area contributed by atoms with Gasteiger partial charge in [0.25, 0.3) is 5.91 Å². The van der Waals surface area contributed by atoms with Crippen LogP contribution in [0.15, 0.2) is 36.8 Å². The summed E-state index contributed by atoms with van der Waals surface area (Å²) >= 11 is 0. The van der Waals surface area contributed by atoms with Gasteiger partial charge < -0.3 is 15.4 Å². The molecule has 1 aliphatic rings. The number of nitrogens with zero attached hydrogens (tertiary/aromatic N) is 2. The van der Waals surface area contributed by atoms with E-state index in [2.05, 4.69) is 20.6 Å². The van der Waals surface area contributed by atoms with Gasteiger partial charge in [-0.1, -0.05) is 0 Å². The zero-order valence-electron chi connectivity index (χ0n) is 10.1. The second-order valence-electron chi connectivity index (χ2n) is 4.10. The van der Waals surface area contributed by atoms with Gasteiger partial charge in [0.1, 0.15) is 12.1 Å². The largest absolute Gasteiger partial charge is 0.482 e. The fourth-order valence-corrected chi connectivity index (χ4v) is 1.81. The number of aromatic nitrogens is 2. The van der Waals surface area contributed by atoms with Crippen molar-refractivity contribution in [1.29, 1.82) is 0 Å². The predicted octanol–water partition coefficient (Wildman–Crippen LogP) is 1.42. The van der Waals surface area contributed by atoms with Crippen LogP contribution in [0.25, 0.3) is 0 Å². The van der Waals surface area contributed by atoms with E-state index in [0.29, 0.717) is 18.0 Å². The van der Waals surface area contributed by atoms with E-state index >= 15 is 0 Å². The molecular formula is C13H12N4O2. The van der Waals surface area contributed by atoms with Gasteiger partial charge in [-0.25, -0.2) is 9.97 Å². The maximum Gasteiger partial charge on any atom is 0.262 e. The highest BCUT2D eigenvalue weighted by Crippen LogP contribution is 2.30. The predicted molar refractivity (Wildman–Crippen MR) is 69.9 cm³/mol. The minimum Gasteiger partial charge on any atom is -0.482 e. The molecule has 0 fully saturated rings. The van der Waals surface area contributed by atoms with E-state index in [1.165, 1.54) is 6.33 Å². The molecule has 0 saturated carbocycles.